The first-order valence-corrected chi connectivity index (χ1v) is 1.77. The minimum Gasteiger partial charge on any atom is -0.190 e. The minimum absolute atomic E-state index is 0.239. The lowest BCUT2D eigenvalue weighted by molar-refractivity contribution is 1.55. The van der Waals surface area contributed by atoms with Crippen molar-refractivity contribution in [2.75, 3.05) is 0 Å². The maximum Gasteiger partial charge on any atom is 0.220 e. The van der Waals surface area contributed by atoms with E-state index in [1.54, 1.807) is 0 Å². The molecule has 0 aliphatic carbocycles. The number of nitrogens with zero attached hydrogens (tertiary/aromatic N) is 2. The summed E-state index contributed by atoms with van der Waals surface area (Å²) in [5.74, 6) is 0. The van der Waals surface area contributed by atoms with E-state index in [0.717, 1.165) is 0 Å². The van der Waals surface area contributed by atoms with Gasteiger partial charge in [0.15, 0.2) is 0 Å². The maximum absolute atomic E-state index is 7.74. The number of nitriles is 1. The van der Waals surface area contributed by atoms with Crippen molar-refractivity contribution in [3.63, 3.8) is 0 Å². The van der Waals surface area contributed by atoms with Crippen LogP contribution in [0.5, 0.6) is 0 Å². The smallest absolute Gasteiger partial charge is 0.190 e. The Balaban J connectivity index is 3.61. The summed E-state index contributed by atoms with van der Waals surface area (Å²) >= 11 is 9.59. The largest absolute Gasteiger partial charge is 0.220 e. The van der Waals surface area contributed by atoms with Crippen molar-refractivity contribution >= 4 is 28.5 Å². The molecule has 0 N–H and O–H groups in total. The zero-order valence-corrected chi connectivity index (χ0v) is 4.16. The molecule has 0 spiro atoms. The summed E-state index contributed by atoms with van der Waals surface area (Å²) < 4.78 is 2.80. The quantitative estimate of drug-likeness (QED) is 0.447. The van der Waals surface area contributed by atoms with Gasteiger partial charge in [0.1, 0.15) is 6.07 Å². The van der Waals surface area contributed by atoms with Gasteiger partial charge < -0.3 is 0 Å². The summed E-state index contributed by atoms with van der Waals surface area (Å²) in [6, 6.07) is 1.50. The van der Waals surface area contributed by atoms with Crippen molar-refractivity contribution in [2.24, 2.45) is 4.51 Å². The zero-order chi connectivity index (χ0) is 4.99. The first-order chi connectivity index (χ1) is 2.81. The second kappa shape index (κ2) is 2.95. The molecule has 0 aromatic heterocycles. The van der Waals surface area contributed by atoms with Crippen LogP contribution >= 0.6 is 23.4 Å². The molecule has 0 rings (SSSR count). The minimum atomic E-state index is -0.239. The number of rotatable bonds is 0. The van der Waals surface area contributed by atoms with Gasteiger partial charge in [0.2, 0.25) is 5.17 Å². The van der Waals surface area contributed by atoms with Crippen LogP contribution in [0.15, 0.2) is 4.51 Å². The fourth-order valence-corrected chi connectivity index (χ4v) is 0.0567. The molecule has 0 aliphatic heterocycles. The van der Waals surface area contributed by atoms with Crippen LogP contribution in [0.3, 0.4) is 0 Å². The van der Waals surface area contributed by atoms with E-state index in [1.165, 1.54) is 6.07 Å². The fourth-order valence-electron chi connectivity index (χ4n) is 0.0189. The summed E-state index contributed by atoms with van der Waals surface area (Å²) in [6.07, 6.45) is 0. The molecule has 0 fully saturated rings. The fraction of sp³-hybridized carbons (Fsp3) is 0. The van der Waals surface area contributed by atoms with Crippen molar-refractivity contribution in [3.8, 4) is 6.07 Å². The molecule has 0 saturated carbocycles. The molecule has 0 atom stereocenters. The Kier molecular flexibility index (Phi) is 2.82. The lowest BCUT2D eigenvalue weighted by atomic mass is 10.9. The summed E-state index contributed by atoms with van der Waals surface area (Å²) in [4.78, 5) is 0. The molecule has 6 heavy (non-hydrogen) atoms. The third kappa shape index (κ3) is 2.01. The Morgan fingerprint density at radius 2 is 2.33 bits per heavy atom. The molecule has 0 amide bonds. The number of hydrogen-bond donors (Lipinski definition) is 0. The highest BCUT2D eigenvalue weighted by Gasteiger charge is 1.80. The van der Waals surface area contributed by atoms with Crippen molar-refractivity contribution in [2.45, 2.75) is 0 Å². The molecule has 0 radical (unpaired) electrons. The Morgan fingerprint density at radius 1 is 1.83 bits per heavy atom. The molecular weight excluding hydrogens is 123 g/mol. The molecule has 0 bridgehead atoms. The molecular formula is C2Cl2N2. The topological polar surface area (TPSA) is 36.1 Å². The van der Waals surface area contributed by atoms with E-state index in [1.807, 2.05) is 0 Å². The van der Waals surface area contributed by atoms with Crippen molar-refractivity contribution in [1.82, 2.24) is 0 Å². The van der Waals surface area contributed by atoms with E-state index in [0.29, 0.717) is 0 Å². The van der Waals surface area contributed by atoms with Gasteiger partial charge >= 0.3 is 0 Å². The van der Waals surface area contributed by atoms with Gasteiger partial charge in [-0.1, -0.05) is 0 Å². The second-order valence-corrected chi connectivity index (χ2v) is 1.01. The van der Waals surface area contributed by atoms with E-state index in [2.05, 4.69) is 16.3 Å². The highest BCUT2D eigenvalue weighted by atomic mass is 35.5. The summed E-state index contributed by atoms with van der Waals surface area (Å²) in [6.45, 7) is 0. The Labute approximate surface area is 45.1 Å². The maximum atomic E-state index is 7.74. The van der Waals surface area contributed by atoms with Crippen LogP contribution in [0.4, 0.5) is 0 Å². The Hall–Kier alpha value is -0.260. The van der Waals surface area contributed by atoms with Gasteiger partial charge in [0.05, 0.1) is 0 Å². The van der Waals surface area contributed by atoms with Crippen LogP contribution < -0.4 is 0 Å². The highest BCUT2D eigenvalue weighted by molar-refractivity contribution is 6.71. The monoisotopic (exact) mass is 122 g/mol. The molecule has 4 heteroatoms. The normalized spacial score (nSPS) is 10.5. The molecule has 0 heterocycles. The standard InChI is InChI=1S/C2Cl2N2/c3-2(1-5)6-4. The number of halogens is 2. The van der Waals surface area contributed by atoms with Gasteiger partial charge in [-0.15, -0.1) is 0 Å². The van der Waals surface area contributed by atoms with Crippen LogP contribution in [0.2, 0.25) is 0 Å². The van der Waals surface area contributed by atoms with Crippen LogP contribution in [-0.4, -0.2) is 5.17 Å². The van der Waals surface area contributed by atoms with Crippen molar-refractivity contribution in [1.29, 1.82) is 5.26 Å². The van der Waals surface area contributed by atoms with Crippen LogP contribution in [0.1, 0.15) is 0 Å². The molecule has 32 valence electrons. The molecule has 0 aromatic carbocycles. The molecule has 0 aliphatic rings. The lowest BCUT2D eigenvalue weighted by Crippen LogP contribution is -1.70. The van der Waals surface area contributed by atoms with E-state index in [-0.39, 0.29) is 5.17 Å². The highest BCUT2D eigenvalue weighted by Crippen LogP contribution is 1.84. The molecule has 2 nitrogen and oxygen atoms in total. The Morgan fingerprint density at radius 3 is 2.33 bits per heavy atom. The summed E-state index contributed by atoms with van der Waals surface area (Å²) in [7, 11) is 0. The summed E-state index contributed by atoms with van der Waals surface area (Å²) in [5.41, 5.74) is 0. The molecule has 0 unspecified atom stereocenters. The van der Waals surface area contributed by atoms with Crippen molar-refractivity contribution < 1.29 is 0 Å². The van der Waals surface area contributed by atoms with Gasteiger partial charge in [-0.25, -0.2) is 0 Å². The number of hydrogen-bond acceptors (Lipinski definition) is 2. The average molecular weight is 123 g/mol. The van der Waals surface area contributed by atoms with E-state index < -0.39 is 0 Å². The van der Waals surface area contributed by atoms with Gasteiger partial charge in [0, 0.05) is 11.8 Å². The average Bonchev–Trinajstić information content (AvgIpc) is 1.65. The van der Waals surface area contributed by atoms with Gasteiger partial charge in [0.25, 0.3) is 0 Å². The Bertz CT molecular complexity index is 101. The second-order valence-electron chi connectivity index (χ2n) is 0.487. The van der Waals surface area contributed by atoms with Crippen LogP contribution in [0.25, 0.3) is 0 Å². The zero-order valence-electron chi connectivity index (χ0n) is 2.65. The first-order valence-electron chi connectivity index (χ1n) is 1.06. The third-order valence-electron chi connectivity index (χ3n) is 0.166. The predicted molar refractivity (Wildman–Crippen MR) is 24.8 cm³/mol. The molecule has 0 saturated heterocycles. The predicted octanol–water partition coefficient (Wildman–Crippen LogP) is 1.30. The molecule has 0 aromatic rings. The van der Waals surface area contributed by atoms with Gasteiger partial charge in [-0.2, -0.15) is 9.77 Å². The van der Waals surface area contributed by atoms with Crippen LogP contribution in [0, 0.1) is 11.3 Å². The first kappa shape index (κ1) is 5.74. The lowest BCUT2D eigenvalue weighted by Gasteiger charge is -1.63. The van der Waals surface area contributed by atoms with E-state index in [4.69, 9.17) is 16.9 Å². The van der Waals surface area contributed by atoms with Gasteiger partial charge in [-0.05, 0) is 11.6 Å². The van der Waals surface area contributed by atoms with E-state index in [9.17, 15) is 0 Å². The van der Waals surface area contributed by atoms with E-state index >= 15 is 0 Å². The van der Waals surface area contributed by atoms with Crippen molar-refractivity contribution in [3.05, 3.63) is 0 Å². The summed E-state index contributed by atoms with van der Waals surface area (Å²) in [5, 5.41) is 7.50. The van der Waals surface area contributed by atoms with Crippen LogP contribution in [-0.2, 0) is 0 Å². The third-order valence-corrected chi connectivity index (χ3v) is 0.591. The van der Waals surface area contributed by atoms with Gasteiger partial charge in [-0.3, -0.25) is 0 Å². The SMILES string of the molecule is N#CC(Cl)=NCl.